The number of hydrogen-bond donors (Lipinski definition) is 2. The highest BCUT2D eigenvalue weighted by atomic mass is 35.5. The lowest BCUT2D eigenvalue weighted by atomic mass is 10.0. The minimum atomic E-state index is -0.451. The van der Waals surface area contributed by atoms with Crippen molar-refractivity contribution in [3.05, 3.63) is 81.1 Å². The molecule has 37 heavy (non-hydrogen) atoms. The van der Waals surface area contributed by atoms with Gasteiger partial charge in [-0.15, -0.1) is 16.8 Å². The predicted octanol–water partition coefficient (Wildman–Crippen LogP) is 6.55. The van der Waals surface area contributed by atoms with Gasteiger partial charge in [0.15, 0.2) is 11.0 Å². The molecule has 3 rings (SSSR count). The van der Waals surface area contributed by atoms with Crippen LogP contribution in [0.2, 0.25) is 10.0 Å². The molecule has 0 spiro atoms. The Bertz CT molecular complexity index is 1300. The average molecular weight is 561 g/mol. The molecule has 0 saturated heterocycles. The van der Waals surface area contributed by atoms with Crippen LogP contribution < -0.4 is 10.6 Å². The van der Waals surface area contributed by atoms with Gasteiger partial charge in [0.2, 0.25) is 5.91 Å². The zero-order valence-corrected chi connectivity index (χ0v) is 23.9. The maximum absolute atomic E-state index is 13.0. The normalized spacial score (nSPS) is 11.9. The molecule has 0 saturated carbocycles. The summed E-state index contributed by atoms with van der Waals surface area (Å²) in [5.41, 5.74) is 4.33. The molecule has 0 bridgehead atoms. The lowest BCUT2D eigenvalue weighted by Gasteiger charge is -2.23. The number of anilines is 1. The van der Waals surface area contributed by atoms with Crippen molar-refractivity contribution in [1.82, 2.24) is 20.1 Å². The molecule has 2 amide bonds. The molecule has 1 aromatic heterocycles. The first kappa shape index (κ1) is 28.8. The minimum absolute atomic E-state index is 0.00331. The molecule has 2 N–H and O–H groups in total. The number of halogens is 2. The number of allylic oxidation sites excluding steroid dienone is 1. The zero-order chi connectivity index (χ0) is 27.3. The molecule has 0 aliphatic rings. The smallest absolute Gasteiger partial charge is 0.253 e. The molecule has 0 radical (unpaired) electrons. The molecule has 196 valence electrons. The van der Waals surface area contributed by atoms with E-state index in [9.17, 15) is 9.59 Å². The Kier molecular flexibility index (Phi) is 9.81. The number of carbonyl (C=O) groups is 2. The number of carbonyl (C=O) groups excluding carboxylic acids is 2. The maximum atomic E-state index is 13.0. The molecule has 0 aliphatic carbocycles. The first-order chi connectivity index (χ1) is 17.5. The Morgan fingerprint density at radius 2 is 1.78 bits per heavy atom. The van der Waals surface area contributed by atoms with Crippen LogP contribution in [0.3, 0.4) is 0 Å². The number of benzene rings is 2. The van der Waals surface area contributed by atoms with E-state index in [0.29, 0.717) is 28.1 Å². The van der Waals surface area contributed by atoms with Gasteiger partial charge in [-0.3, -0.25) is 9.59 Å². The summed E-state index contributed by atoms with van der Waals surface area (Å²) < 4.78 is 1.86. The van der Waals surface area contributed by atoms with Crippen LogP contribution in [0, 0.1) is 26.7 Å². The van der Waals surface area contributed by atoms with E-state index in [1.807, 2.05) is 51.3 Å². The highest BCUT2D eigenvalue weighted by Crippen LogP contribution is 2.28. The van der Waals surface area contributed by atoms with Crippen LogP contribution in [0.1, 0.15) is 52.8 Å². The second-order valence-corrected chi connectivity index (χ2v) is 11.0. The van der Waals surface area contributed by atoms with E-state index in [-0.39, 0.29) is 28.5 Å². The van der Waals surface area contributed by atoms with E-state index >= 15 is 0 Å². The number of aromatic nitrogens is 3. The van der Waals surface area contributed by atoms with Crippen LogP contribution in [-0.4, -0.2) is 32.3 Å². The van der Waals surface area contributed by atoms with Gasteiger partial charge in [-0.2, -0.15) is 0 Å². The van der Waals surface area contributed by atoms with Gasteiger partial charge < -0.3 is 15.2 Å². The van der Waals surface area contributed by atoms with Gasteiger partial charge in [0.25, 0.3) is 5.91 Å². The van der Waals surface area contributed by atoms with Crippen LogP contribution >= 0.6 is 35.0 Å². The molecule has 0 unspecified atom stereocenters. The van der Waals surface area contributed by atoms with Gasteiger partial charge >= 0.3 is 0 Å². The van der Waals surface area contributed by atoms with Crippen molar-refractivity contribution >= 4 is 52.5 Å². The minimum Gasteiger partial charge on any atom is -0.342 e. The maximum Gasteiger partial charge on any atom is 0.253 e. The second-order valence-electron chi connectivity index (χ2n) is 9.17. The molecule has 10 heteroatoms. The first-order valence-electron chi connectivity index (χ1n) is 11.8. The Balaban J connectivity index is 1.78. The average Bonchev–Trinajstić information content (AvgIpc) is 3.20. The van der Waals surface area contributed by atoms with Crippen molar-refractivity contribution in [2.24, 2.45) is 5.92 Å². The van der Waals surface area contributed by atoms with Crippen molar-refractivity contribution in [2.75, 3.05) is 11.1 Å². The summed E-state index contributed by atoms with van der Waals surface area (Å²) in [7, 11) is 0. The van der Waals surface area contributed by atoms with Gasteiger partial charge in [0, 0.05) is 17.3 Å². The Labute approximate surface area is 232 Å². The van der Waals surface area contributed by atoms with Crippen molar-refractivity contribution in [1.29, 1.82) is 0 Å². The summed E-state index contributed by atoms with van der Waals surface area (Å²) >= 11 is 13.5. The van der Waals surface area contributed by atoms with Gasteiger partial charge in [-0.05, 0) is 56.0 Å². The second kappa shape index (κ2) is 12.6. The fourth-order valence-corrected chi connectivity index (χ4v) is 5.29. The van der Waals surface area contributed by atoms with Crippen LogP contribution in [0.5, 0.6) is 0 Å². The highest BCUT2D eigenvalue weighted by Gasteiger charge is 2.27. The molecular formula is C27H31Cl2N5O2S. The highest BCUT2D eigenvalue weighted by molar-refractivity contribution is 7.99. The van der Waals surface area contributed by atoms with Crippen LogP contribution in [-0.2, 0) is 11.3 Å². The first-order valence-corrected chi connectivity index (χ1v) is 13.6. The summed E-state index contributed by atoms with van der Waals surface area (Å²) in [6.07, 6.45) is 1.73. The summed E-state index contributed by atoms with van der Waals surface area (Å²) in [5, 5.41) is 16.0. The third kappa shape index (κ3) is 7.15. The number of thioether (sulfide) groups is 1. The fourth-order valence-electron chi connectivity index (χ4n) is 4.04. The number of rotatable bonds is 10. The van der Waals surface area contributed by atoms with Crippen molar-refractivity contribution in [3.63, 3.8) is 0 Å². The van der Waals surface area contributed by atoms with Gasteiger partial charge in [-0.25, -0.2) is 0 Å². The third-order valence-corrected chi connectivity index (χ3v) is 7.25. The number of nitrogens with one attached hydrogen (secondary N) is 2. The van der Waals surface area contributed by atoms with E-state index in [1.165, 1.54) is 17.8 Å². The van der Waals surface area contributed by atoms with Gasteiger partial charge in [0.1, 0.15) is 0 Å². The van der Waals surface area contributed by atoms with Crippen LogP contribution in [0.15, 0.2) is 48.1 Å². The predicted molar refractivity (Wildman–Crippen MR) is 152 cm³/mol. The zero-order valence-electron chi connectivity index (χ0n) is 21.6. The quantitative estimate of drug-likeness (QED) is 0.217. The molecule has 7 nitrogen and oxygen atoms in total. The van der Waals surface area contributed by atoms with Gasteiger partial charge in [-0.1, -0.05) is 72.6 Å². The summed E-state index contributed by atoms with van der Waals surface area (Å²) in [5.74, 6) is 0.242. The lowest BCUT2D eigenvalue weighted by molar-refractivity contribution is -0.113. The number of aryl methyl sites for hydroxylation is 3. The third-order valence-electron chi connectivity index (χ3n) is 5.74. The SMILES string of the molecule is C=CCn1c(SCC(=O)Nc2c(C)cc(C)cc2C)nnc1[C@@H](NC(=O)c1ccc(Cl)cc1Cl)C(C)C. The van der Waals surface area contributed by atoms with Crippen molar-refractivity contribution < 1.29 is 9.59 Å². The number of amides is 2. The van der Waals surface area contributed by atoms with Crippen molar-refractivity contribution in [3.8, 4) is 0 Å². The topological polar surface area (TPSA) is 88.9 Å². The Hall–Kier alpha value is -2.81. The van der Waals surface area contributed by atoms with Crippen LogP contribution in [0.25, 0.3) is 0 Å². The van der Waals surface area contributed by atoms with Crippen LogP contribution in [0.4, 0.5) is 5.69 Å². The van der Waals surface area contributed by atoms with E-state index < -0.39 is 6.04 Å². The van der Waals surface area contributed by atoms with E-state index in [4.69, 9.17) is 23.2 Å². The van der Waals surface area contributed by atoms with E-state index in [2.05, 4.69) is 27.4 Å². The standard InChI is InChI=1S/C27H31Cl2N5O2S/c1-7-10-34-25(23(15(2)3)31-26(36)20-9-8-19(28)13-21(20)29)32-33-27(34)37-14-22(35)30-24-17(5)11-16(4)12-18(24)6/h7-9,11-13,15,23H,1,10,14H2,2-6H3,(H,30,35)(H,31,36)/t23-/m0/s1. The summed E-state index contributed by atoms with van der Waals surface area (Å²) in [6.45, 7) is 14.2. The van der Waals surface area contributed by atoms with E-state index in [0.717, 1.165) is 22.4 Å². The molecular weight excluding hydrogens is 529 g/mol. The summed E-state index contributed by atoms with van der Waals surface area (Å²) in [4.78, 5) is 25.8. The van der Waals surface area contributed by atoms with Gasteiger partial charge in [0.05, 0.1) is 22.4 Å². The lowest BCUT2D eigenvalue weighted by Crippen LogP contribution is -2.34. The molecule has 2 aromatic carbocycles. The molecule has 1 heterocycles. The summed E-state index contributed by atoms with van der Waals surface area (Å²) in [6, 6.07) is 8.37. The molecule has 0 fully saturated rings. The Morgan fingerprint density at radius 3 is 2.38 bits per heavy atom. The molecule has 0 aliphatic heterocycles. The monoisotopic (exact) mass is 559 g/mol. The Morgan fingerprint density at radius 1 is 1.11 bits per heavy atom. The molecule has 1 atom stereocenters. The fraction of sp³-hybridized carbons (Fsp3) is 0.333. The van der Waals surface area contributed by atoms with Crippen molar-refractivity contribution in [2.45, 2.75) is 52.4 Å². The molecule has 3 aromatic rings. The number of hydrogen-bond acceptors (Lipinski definition) is 5. The van der Waals surface area contributed by atoms with E-state index in [1.54, 1.807) is 18.2 Å². The number of nitrogens with zero attached hydrogens (tertiary/aromatic N) is 3. The largest absolute Gasteiger partial charge is 0.342 e.